The summed E-state index contributed by atoms with van der Waals surface area (Å²) < 4.78 is 32.3. The topological polar surface area (TPSA) is 140 Å². The van der Waals surface area contributed by atoms with Gasteiger partial charge in [-0.2, -0.15) is 0 Å². The Kier molecular flexibility index (Phi) is 9.34. The molecular formula is C37H44FN4O7PS. The Morgan fingerprint density at radius 2 is 1.75 bits per heavy atom. The number of carbonyl (C=O) groups excluding carboxylic acids is 3. The lowest BCUT2D eigenvalue weighted by atomic mass is 9.93. The van der Waals surface area contributed by atoms with Gasteiger partial charge in [0.2, 0.25) is 17.7 Å². The minimum Gasteiger partial charge on any atom is -0.379 e. The molecule has 11 nitrogen and oxygen atoms in total. The number of fused-ring (bicyclic) bond motifs is 2. The first-order chi connectivity index (χ1) is 24.5. The number of alkyl halides is 1. The van der Waals surface area contributed by atoms with E-state index < -0.39 is 31.5 Å². The minimum atomic E-state index is -5.00. The summed E-state index contributed by atoms with van der Waals surface area (Å²) in [6, 6.07) is 14.8. The number of nitrogens with zero attached hydrogens (tertiary/aromatic N) is 3. The van der Waals surface area contributed by atoms with E-state index in [-0.39, 0.29) is 40.9 Å². The van der Waals surface area contributed by atoms with Gasteiger partial charge in [0.1, 0.15) is 12.1 Å². The molecule has 1 aromatic heterocycles. The van der Waals surface area contributed by atoms with Crippen molar-refractivity contribution >= 4 is 46.7 Å². The van der Waals surface area contributed by atoms with Crippen molar-refractivity contribution in [2.75, 3.05) is 32.8 Å². The van der Waals surface area contributed by atoms with Gasteiger partial charge in [0.15, 0.2) is 0 Å². The number of hydrogen-bond donors (Lipinski definition) is 3. The maximum atomic E-state index is 14.6. The molecule has 2 aromatic carbocycles. The molecule has 3 N–H and O–H groups in total. The number of amides is 3. The first-order valence-corrected chi connectivity index (χ1v) is 20.5. The fourth-order valence-corrected chi connectivity index (χ4v) is 10.6. The monoisotopic (exact) mass is 738 g/mol. The fraction of sp³-hybridized carbons (Fsp3) is 0.541. The number of nitrogens with one attached hydrogen (secondary N) is 1. The zero-order valence-corrected chi connectivity index (χ0v) is 30.1. The van der Waals surface area contributed by atoms with Crippen molar-refractivity contribution in [2.24, 2.45) is 0 Å². The third kappa shape index (κ3) is 6.77. The molecule has 5 aliphatic rings. The number of hydrogen-bond acceptors (Lipinski definition) is 7. The van der Waals surface area contributed by atoms with E-state index in [0.29, 0.717) is 54.0 Å². The molecule has 272 valence electrons. The molecule has 8 rings (SSSR count). The second kappa shape index (κ2) is 13.7. The van der Waals surface area contributed by atoms with E-state index in [1.54, 1.807) is 12.1 Å². The zero-order valence-electron chi connectivity index (χ0n) is 28.4. The molecule has 0 bridgehead atoms. The van der Waals surface area contributed by atoms with Crippen LogP contribution in [0.3, 0.4) is 0 Å². The Morgan fingerprint density at radius 3 is 2.47 bits per heavy atom. The SMILES string of the molecule is O=C(N[C@H]1CC[C@H](N2CCOCC2)C[C@H]2CC[C@@H](C(=O)N3C[C@H](c4ccccc4)CC34CC4)N2C1=O)c1cc2cc([C@H](F)P(=O)(O)O)ccc2s1. The van der Waals surface area contributed by atoms with E-state index in [4.69, 9.17) is 4.74 Å². The summed E-state index contributed by atoms with van der Waals surface area (Å²) in [7, 11) is -5.00. The van der Waals surface area contributed by atoms with Crippen LogP contribution in [-0.4, -0.2) is 105 Å². The summed E-state index contributed by atoms with van der Waals surface area (Å²) in [5.74, 6) is -2.85. The summed E-state index contributed by atoms with van der Waals surface area (Å²) in [5.41, 5.74) is 0.937. The van der Waals surface area contributed by atoms with Gasteiger partial charge in [0.25, 0.3) is 5.91 Å². The highest BCUT2D eigenvalue weighted by atomic mass is 32.1. The number of halogens is 1. The van der Waals surface area contributed by atoms with Crippen LogP contribution in [0.15, 0.2) is 54.6 Å². The number of likely N-dealkylation sites (tertiary alicyclic amines) is 1. The van der Waals surface area contributed by atoms with E-state index in [1.807, 2.05) is 23.1 Å². The van der Waals surface area contributed by atoms with Crippen molar-refractivity contribution in [2.45, 2.75) is 92.9 Å². The van der Waals surface area contributed by atoms with E-state index in [9.17, 15) is 33.1 Å². The number of carbonyl (C=O) groups is 3. The molecular weight excluding hydrogens is 694 g/mol. The zero-order chi connectivity index (χ0) is 35.5. The molecule has 4 aliphatic heterocycles. The normalized spacial score (nSPS) is 28.8. The third-order valence-electron chi connectivity index (χ3n) is 11.8. The summed E-state index contributed by atoms with van der Waals surface area (Å²) in [6.45, 7) is 3.54. The molecule has 14 heteroatoms. The number of morpholine rings is 1. The van der Waals surface area contributed by atoms with Crippen LogP contribution in [-0.2, 0) is 18.9 Å². The standard InChI is InChI=1S/C37H44FN4O7PS/c38-33(50(46,47)48)24-6-11-31-25(18-24)19-32(51-31)34(43)39-29-9-7-27(40-14-16-49-17-15-40)20-28-8-10-30(42(28)35(29)44)36(45)41-22-26(21-37(41)12-13-37)23-4-2-1-3-5-23/h1-6,11,18-19,26-30,33H,7-10,12-17,20-22H2,(H,39,43)(H2,46,47,48)/t26-,27+,28-,29+,30+,33-/m1/s1. The van der Waals surface area contributed by atoms with Crippen molar-refractivity contribution in [3.8, 4) is 0 Å². The lowest BCUT2D eigenvalue weighted by Gasteiger charge is -2.42. The van der Waals surface area contributed by atoms with Gasteiger partial charge in [-0.3, -0.25) is 23.8 Å². The smallest absolute Gasteiger partial charge is 0.363 e. The van der Waals surface area contributed by atoms with Gasteiger partial charge in [-0.05, 0) is 86.1 Å². The quantitative estimate of drug-likeness (QED) is 0.290. The van der Waals surface area contributed by atoms with Crippen LogP contribution in [0, 0.1) is 0 Å². The Bertz CT molecular complexity index is 1860. The molecule has 1 saturated carbocycles. The summed E-state index contributed by atoms with van der Waals surface area (Å²) in [4.78, 5) is 68.3. The summed E-state index contributed by atoms with van der Waals surface area (Å²) in [5, 5.41) is 3.49. The Balaban J connectivity index is 1.05. The molecule has 3 aromatic rings. The highest BCUT2D eigenvalue weighted by molar-refractivity contribution is 7.51. The van der Waals surface area contributed by atoms with Crippen LogP contribution in [0.2, 0.25) is 0 Å². The van der Waals surface area contributed by atoms with Crippen molar-refractivity contribution in [3.63, 3.8) is 0 Å². The van der Waals surface area contributed by atoms with E-state index in [1.165, 1.54) is 29.0 Å². The van der Waals surface area contributed by atoms with Gasteiger partial charge >= 0.3 is 7.60 Å². The fourth-order valence-electron chi connectivity index (χ4n) is 9.06. The first-order valence-electron chi connectivity index (χ1n) is 18.0. The largest absolute Gasteiger partial charge is 0.379 e. The van der Waals surface area contributed by atoms with Crippen LogP contribution in [0.5, 0.6) is 0 Å². The summed E-state index contributed by atoms with van der Waals surface area (Å²) >= 11 is 1.17. The number of rotatable bonds is 7. The number of thiophene rings is 1. The Morgan fingerprint density at radius 1 is 1.00 bits per heavy atom. The molecule has 4 saturated heterocycles. The predicted octanol–water partition coefficient (Wildman–Crippen LogP) is 4.94. The molecule has 0 radical (unpaired) electrons. The highest BCUT2D eigenvalue weighted by Gasteiger charge is 2.58. The van der Waals surface area contributed by atoms with Crippen molar-refractivity contribution in [1.82, 2.24) is 20.0 Å². The average molecular weight is 739 g/mol. The van der Waals surface area contributed by atoms with Crippen LogP contribution in [0.4, 0.5) is 4.39 Å². The maximum absolute atomic E-state index is 14.6. The van der Waals surface area contributed by atoms with Crippen LogP contribution in [0.1, 0.15) is 84.0 Å². The van der Waals surface area contributed by atoms with Gasteiger partial charge in [0.05, 0.1) is 18.1 Å². The molecule has 3 amide bonds. The van der Waals surface area contributed by atoms with E-state index in [2.05, 4.69) is 27.2 Å². The van der Waals surface area contributed by atoms with Gasteiger partial charge in [-0.1, -0.05) is 36.4 Å². The predicted molar refractivity (Wildman–Crippen MR) is 190 cm³/mol. The highest BCUT2D eigenvalue weighted by Crippen LogP contribution is 2.55. The molecule has 1 aliphatic carbocycles. The van der Waals surface area contributed by atoms with Gasteiger partial charge in [-0.15, -0.1) is 11.3 Å². The van der Waals surface area contributed by atoms with Crippen molar-refractivity contribution in [3.05, 3.63) is 70.6 Å². The average Bonchev–Trinajstić information content (AvgIpc) is 3.42. The van der Waals surface area contributed by atoms with Crippen LogP contribution < -0.4 is 5.32 Å². The van der Waals surface area contributed by atoms with Crippen LogP contribution in [0.25, 0.3) is 10.1 Å². The molecule has 1 spiro atoms. The van der Waals surface area contributed by atoms with Gasteiger partial charge in [0, 0.05) is 47.9 Å². The molecule has 6 atom stereocenters. The van der Waals surface area contributed by atoms with E-state index >= 15 is 0 Å². The third-order valence-corrected chi connectivity index (χ3v) is 13.8. The second-order valence-electron chi connectivity index (χ2n) is 15.0. The first kappa shape index (κ1) is 34.9. The van der Waals surface area contributed by atoms with E-state index in [0.717, 1.165) is 45.2 Å². The Labute approximate surface area is 300 Å². The van der Waals surface area contributed by atoms with Crippen molar-refractivity contribution < 1.29 is 37.9 Å². The van der Waals surface area contributed by atoms with Crippen molar-refractivity contribution in [1.29, 1.82) is 0 Å². The van der Waals surface area contributed by atoms with Crippen LogP contribution >= 0.6 is 18.9 Å². The summed E-state index contributed by atoms with van der Waals surface area (Å²) in [6.07, 6.45) is 6.12. The Hall–Kier alpha value is -3.19. The van der Waals surface area contributed by atoms with Gasteiger partial charge in [-0.25, -0.2) is 4.39 Å². The lowest BCUT2D eigenvalue weighted by molar-refractivity contribution is -0.148. The second-order valence-corrected chi connectivity index (χ2v) is 17.7. The number of ether oxygens (including phenoxy) is 1. The molecule has 5 heterocycles. The lowest BCUT2D eigenvalue weighted by Crippen LogP contribution is -2.59. The van der Waals surface area contributed by atoms with Gasteiger partial charge < -0.3 is 29.6 Å². The maximum Gasteiger partial charge on any atom is 0.363 e. The molecule has 51 heavy (non-hydrogen) atoms. The molecule has 0 unspecified atom stereocenters. The minimum absolute atomic E-state index is 0.0251. The molecule has 5 fully saturated rings. The number of benzene rings is 2.